The van der Waals surface area contributed by atoms with Crippen LogP contribution in [0.15, 0.2) is 24.3 Å². The van der Waals surface area contributed by atoms with Crippen LogP contribution in [0.3, 0.4) is 0 Å². The van der Waals surface area contributed by atoms with Gasteiger partial charge in [0.05, 0.1) is 5.75 Å². The van der Waals surface area contributed by atoms with Crippen LogP contribution in [-0.4, -0.2) is 21.0 Å². The van der Waals surface area contributed by atoms with Crippen molar-refractivity contribution in [2.24, 2.45) is 0 Å². The van der Waals surface area contributed by atoms with Gasteiger partial charge in [-0.3, -0.25) is 0 Å². The van der Waals surface area contributed by atoms with Crippen LogP contribution in [0.4, 0.5) is 0 Å². The monoisotopic (exact) mass is 296 g/mol. The molecule has 1 fully saturated rings. The second-order valence-corrected chi connectivity index (χ2v) is 7.26. The molecule has 5 heteroatoms. The van der Waals surface area contributed by atoms with Gasteiger partial charge in [-0.2, -0.15) is 0 Å². The second kappa shape index (κ2) is 7.20. The summed E-state index contributed by atoms with van der Waals surface area (Å²) in [6, 6.07) is 7.97. The predicted octanol–water partition coefficient (Wildman–Crippen LogP) is 2.16. The Morgan fingerprint density at radius 1 is 1.25 bits per heavy atom. The fourth-order valence-corrected chi connectivity index (χ4v) is 3.73. The first-order chi connectivity index (χ1) is 9.59. The summed E-state index contributed by atoms with van der Waals surface area (Å²) >= 11 is 0. The van der Waals surface area contributed by atoms with E-state index in [1.54, 1.807) is 0 Å². The highest BCUT2D eigenvalue weighted by Crippen LogP contribution is 2.20. The van der Waals surface area contributed by atoms with Crippen molar-refractivity contribution >= 4 is 10.0 Å². The lowest BCUT2D eigenvalue weighted by Crippen LogP contribution is -2.40. The fourth-order valence-electron chi connectivity index (χ4n) is 2.28. The molecule has 4 nitrogen and oxygen atoms in total. The molecule has 2 rings (SSSR count). The van der Waals surface area contributed by atoms with Gasteiger partial charge in [0.25, 0.3) is 0 Å². The lowest BCUT2D eigenvalue weighted by atomic mass is 9.94. The zero-order chi connectivity index (χ0) is 14.4. The highest BCUT2D eigenvalue weighted by molar-refractivity contribution is 7.88. The van der Waals surface area contributed by atoms with Crippen LogP contribution in [0.5, 0.6) is 0 Å². The minimum absolute atomic E-state index is 0.0745. The molecular formula is C15H24N2O2S. The molecule has 1 aromatic carbocycles. The van der Waals surface area contributed by atoms with Crippen LogP contribution in [0, 0.1) is 0 Å². The van der Waals surface area contributed by atoms with Gasteiger partial charge in [0.2, 0.25) is 10.0 Å². The van der Waals surface area contributed by atoms with Crippen molar-refractivity contribution in [3.05, 3.63) is 35.4 Å². The summed E-state index contributed by atoms with van der Waals surface area (Å²) in [4.78, 5) is 0. The van der Waals surface area contributed by atoms with E-state index < -0.39 is 10.0 Å². The molecule has 0 saturated heterocycles. The summed E-state index contributed by atoms with van der Waals surface area (Å²) in [7, 11) is -3.21. The SMILES string of the molecule is CCCNCc1cccc(CS(=O)(=O)NC2CCC2)c1. The Hall–Kier alpha value is -0.910. The number of rotatable bonds is 8. The molecule has 112 valence electrons. The molecule has 0 bridgehead atoms. The maximum Gasteiger partial charge on any atom is 0.216 e. The Bertz CT molecular complexity index is 524. The van der Waals surface area contributed by atoms with Gasteiger partial charge in [0.1, 0.15) is 0 Å². The fraction of sp³-hybridized carbons (Fsp3) is 0.600. The lowest BCUT2D eigenvalue weighted by molar-refractivity contribution is 0.383. The van der Waals surface area contributed by atoms with Crippen molar-refractivity contribution in [1.29, 1.82) is 0 Å². The van der Waals surface area contributed by atoms with Crippen LogP contribution in [-0.2, 0) is 22.3 Å². The largest absolute Gasteiger partial charge is 0.313 e. The van der Waals surface area contributed by atoms with E-state index in [1.807, 2.05) is 24.3 Å². The summed E-state index contributed by atoms with van der Waals surface area (Å²) in [5.41, 5.74) is 1.99. The van der Waals surface area contributed by atoms with Gasteiger partial charge in [-0.25, -0.2) is 13.1 Å². The Balaban J connectivity index is 1.92. The van der Waals surface area contributed by atoms with Gasteiger partial charge in [-0.05, 0) is 36.9 Å². The summed E-state index contributed by atoms with van der Waals surface area (Å²) in [5, 5.41) is 3.33. The van der Waals surface area contributed by atoms with Crippen LogP contribution < -0.4 is 10.0 Å². The van der Waals surface area contributed by atoms with E-state index >= 15 is 0 Å². The van der Waals surface area contributed by atoms with Crippen LogP contribution >= 0.6 is 0 Å². The normalized spacial score (nSPS) is 16.1. The molecule has 0 heterocycles. The van der Waals surface area contributed by atoms with Crippen molar-refractivity contribution in [3.63, 3.8) is 0 Å². The molecule has 0 radical (unpaired) electrons. The first kappa shape index (κ1) is 15.5. The molecule has 20 heavy (non-hydrogen) atoms. The van der Waals surface area contributed by atoms with Gasteiger partial charge in [-0.15, -0.1) is 0 Å². The molecule has 0 unspecified atom stereocenters. The molecule has 0 atom stereocenters. The minimum Gasteiger partial charge on any atom is -0.313 e. The highest BCUT2D eigenvalue weighted by Gasteiger charge is 2.23. The van der Waals surface area contributed by atoms with Crippen molar-refractivity contribution < 1.29 is 8.42 Å². The third-order valence-electron chi connectivity index (χ3n) is 3.56. The summed E-state index contributed by atoms with van der Waals surface area (Å²) in [6.45, 7) is 3.89. The van der Waals surface area contributed by atoms with Crippen LogP contribution in [0.25, 0.3) is 0 Å². The molecule has 1 aromatic rings. The Morgan fingerprint density at radius 3 is 2.65 bits per heavy atom. The maximum absolute atomic E-state index is 12.0. The van der Waals surface area contributed by atoms with E-state index in [0.29, 0.717) is 0 Å². The van der Waals surface area contributed by atoms with Crippen LogP contribution in [0.1, 0.15) is 43.7 Å². The molecule has 0 aliphatic heterocycles. The van der Waals surface area contributed by atoms with Gasteiger partial charge in [0, 0.05) is 12.6 Å². The van der Waals surface area contributed by atoms with Gasteiger partial charge in [0.15, 0.2) is 0 Å². The molecular weight excluding hydrogens is 272 g/mol. The van der Waals surface area contributed by atoms with Gasteiger partial charge < -0.3 is 5.32 Å². The van der Waals surface area contributed by atoms with E-state index in [0.717, 1.165) is 49.9 Å². The molecule has 1 saturated carbocycles. The van der Waals surface area contributed by atoms with E-state index in [2.05, 4.69) is 17.0 Å². The van der Waals surface area contributed by atoms with Gasteiger partial charge in [-0.1, -0.05) is 37.6 Å². The molecule has 0 aromatic heterocycles. The van der Waals surface area contributed by atoms with Crippen molar-refractivity contribution in [2.45, 2.75) is 50.9 Å². The first-order valence-corrected chi connectivity index (χ1v) is 9.03. The molecule has 0 amide bonds. The highest BCUT2D eigenvalue weighted by atomic mass is 32.2. The second-order valence-electron chi connectivity index (χ2n) is 5.50. The smallest absolute Gasteiger partial charge is 0.216 e. The Labute approximate surface area is 122 Å². The molecule has 1 aliphatic carbocycles. The zero-order valence-electron chi connectivity index (χ0n) is 12.1. The van der Waals surface area contributed by atoms with Crippen molar-refractivity contribution in [3.8, 4) is 0 Å². The average Bonchev–Trinajstić information content (AvgIpc) is 2.34. The summed E-state index contributed by atoms with van der Waals surface area (Å²) < 4.78 is 26.9. The van der Waals surface area contributed by atoms with Gasteiger partial charge >= 0.3 is 0 Å². The van der Waals surface area contributed by atoms with E-state index in [-0.39, 0.29) is 11.8 Å². The number of hydrogen-bond acceptors (Lipinski definition) is 3. The molecule has 1 aliphatic rings. The first-order valence-electron chi connectivity index (χ1n) is 7.37. The topological polar surface area (TPSA) is 58.2 Å². The minimum atomic E-state index is -3.21. The molecule has 2 N–H and O–H groups in total. The van der Waals surface area contributed by atoms with Crippen LogP contribution in [0.2, 0.25) is 0 Å². The summed E-state index contributed by atoms with van der Waals surface area (Å²) in [6.07, 6.45) is 4.17. The van der Waals surface area contributed by atoms with Crippen molar-refractivity contribution in [1.82, 2.24) is 10.0 Å². The number of nitrogens with one attached hydrogen (secondary N) is 2. The lowest BCUT2D eigenvalue weighted by Gasteiger charge is -2.26. The Morgan fingerprint density at radius 2 is 2.00 bits per heavy atom. The van der Waals surface area contributed by atoms with E-state index in [4.69, 9.17) is 0 Å². The van der Waals surface area contributed by atoms with Crippen molar-refractivity contribution in [2.75, 3.05) is 6.54 Å². The predicted molar refractivity (Wildman–Crippen MR) is 81.8 cm³/mol. The number of sulfonamides is 1. The van der Waals surface area contributed by atoms with E-state index in [9.17, 15) is 8.42 Å². The zero-order valence-corrected chi connectivity index (χ0v) is 12.9. The maximum atomic E-state index is 12.0. The third kappa shape index (κ3) is 4.89. The summed E-state index contributed by atoms with van der Waals surface area (Å²) in [5.74, 6) is 0.0745. The average molecular weight is 296 g/mol. The quantitative estimate of drug-likeness (QED) is 0.723. The third-order valence-corrected chi connectivity index (χ3v) is 4.96. The Kier molecular flexibility index (Phi) is 5.57. The number of benzene rings is 1. The standard InChI is InChI=1S/C15H24N2O2S/c1-2-9-16-11-13-5-3-6-14(10-13)12-20(18,19)17-15-7-4-8-15/h3,5-6,10,15-17H,2,4,7-9,11-12H2,1H3. The number of hydrogen-bond donors (Lipinski definition) is 2. The van der Waals surface area contributed by atoms with E-state index in [1.165, 1.54) is 0 Å². The molecule has 0 spiro atoms.